The van der Waals surface area contributed by atoms with E-state index in [2.05, 4.69) is 0 Å². The summed E-state index contributed by atoms with van der Waals surface area (Å²) < 4.78 is 98.0. The summed E-state index contributed by atoms with van der Waals surface area (Å²) in [6.07, 6.45) is -4.78. The van der Waals surface area contributed by atoms with Crippen molar-refractivity contribution in [3.63, 3.8) is 0 Å². The van der Waals surface area contributed by atoms with Gasteiger partial charge in [0, 0.05) is 26.7 Å². The Morgan fingerprint density at radius 1 is 1.06 bits per heavy atom. The van der Waals surface area contributed by atoms with Gasteiger partial charge in [-0.25, -0.2) is 0 Å². The van der Waals surface area contributed by atoms with Crippen LogP contribution < -0.4 is 14.4 Å². The molecule has 186 valence electrons. The minimum atomic E-state index is -5.11. The number of aliphatic hydroxyl groups is 1. The van der Waals surface area contributed by atoms with E-state index < -0.39 is 50.2 Å². The van der Waals surface area contributed by atoms with E-state index in [1.54, 1.807) is 6.07 Å². The molecule has 13 heteroatoms. The van der Waals surface area contributed by atoms with Crippen LogP contribution in [0.4, 0.5) is 18.9 Å². The maximum Gasteiger partial charge on any atom is 0.416 e. The summed E-state index contributed by atoms with van der Waals surface area (Å²) in [7, 11) is -2.77. The van der Waals surface area contributed by atoms with Crippen molar-refractivity contribution in [2.75, 3.05) is 19.1 Å². The van der Waals surface area contributed by atoms with Crippen molar-refractivity contribution in [3.05, 3.63) is 53.6 Å². The van der Waals surface area contributed by atoms with Crippen LogP contribution in [0.5, 0.6) is 11.5 Å². The lowest BCUT2D eigenvalue weighted by Crippen LogP contribution is -2.76. The van der Waals surface area contributed by atoms with Crippen LogP contribution in [0.15, 0.2) is 42.5 Å². The smallest absolute Gasteiger partial charge is 0.416 e. The maximum atomic E-state index is 13.6. The standard InChI is InChI=1S/C21H22F3NO8S/c1-18(26)19(2,30-3)33-15-8-6-5-7-13(15)20(18,31-4)25-14-11-12(21(22,23)24)9-10-16(14)32-17(25)34(27,28)29/h5-11,17,26H,1-4H3,(H,27,28,29). The van der Waals surface area contributed by atoms with E-state index in [1.165, 1.54) is 39.2 Å². The summed E-state index contributed by atoms with van der Waals surface area (Å²) in [6, 6.07) is 8.34. The molecule has 0 saturated carbocycles. The highest BCUT2D eigenvalue weighted by Crippen LogP contribution is 2.58. The first-order chi connectivity index (χ1) is 15.6. The zero-order valence-corrected chi connectivity index (χ0v) is 19.3. The Hall–Kier alpha value is -2.58. The first-order valence-corrected chi connectivity index (χ1v) is 11.4. The number of ether oxygens (including phenoxy) is 4. The SMILES string of the molecule is COC1(C)Oc2ccccc2C(OC)(N2c3cc(C(F)(F)F)ccc3OC2S(=O)(=O)O)C1(C)O. The molecule has 4 unspecified atom stereocenters. The van der Waals surface area contributed by atoms with Crippen LogP contribution in [0, 0.1) is 0 Å². The summed E-state index contributed by atoms with van der Waals surface area (Å²) >= 11 is 0. The van der Waals surface area contributed by atoms with Gasteiger partial charge >= 0.3 is 21.9 Å². The van der Waals surface area contributed by atoms with Crippen LogP contribution in [0.3, 0.4) is 0 Å². The number of nitrogens with zero attached hydrogens (tertiary/aromatic N) is 1. The number of hydrogen-bond acceptors (Lipinski definition) is 8. The maximum absolute atomic E-state index is 13.6. The summed E-state index contributed by atoms with van der Waals surface area (Å²) in [5.41, 5.74) is -8.32. The Morgan fingerprint density at radius 2 is 1.71 bits per heavy atom. The largest absolute Gasteiger partial charge is 0.459 e. The Labute approximate surface area is 193 Å². The second-order valence-electron chi connectivity index (χ2n) is 8.16. The molecule has 2 aromatic rings. The number of benzene rings is 2. The zero-order valence-electron chi connectivity index (χ0n) is 18.5. The Bertz CT molecular complexity index is 1230. The third kappa shape index (κ3) is 3.18. The summed E-state index contributed by atoms with van der Waals surface area (Å²) in [5, 5.41) is 11.9. The first kappa shape index (κ1) is 24.5. The minimum Gasteiger partial charge on any atom is -0.459 e. The van der Waals surface area contributed by atoms with Gasteiger partial charge in [-0.2, -0.15) is 21.6 Å². The van der Waals surface area contributed by atoms with Crippen molar-refractivity contribution in [2.45, 2.75) is 42.7 Å². The van der Waals surface area contributed by atoms with Gasteiger partial charge in [-0.15, -0.1) is 0 Å². The highest BCUT2D eigenvalue weighted by Gasteiger charge is 2.71. The minimum absolute atomic E-state index is 0.0551. The lowest BCUT2D eigenvalue weighted by molar-refractivity contribution is -0.332. The van der Waals surface area contributed by atoms with Crippen LogP contribution in [-0.2, 0) is 31.5 Å². The number of anilines is 1. The summed E-state index contributed by atoms with van der Waals surface area (Å²) in [6.45, 7) is 2.56. The van der Waals surface area contributed by atoms with E-state index in [9.17, 15) is 31.2 Å². The fraction of sp³-hybridized carbons (Fsp3) is 0.429. The number of para-hydroxylation sites is 1. The highest BCUT2D eigenvalue weighted by atomic mass is 32.2. The van der Waals surface area contributed by atoms with Gasteiger partial charge in [-0.1, -0.05) is 18.2 Å². The second-order valence-corrected chi connectivity index (χ2v) is 9.59. The zero-order chi connectivity index (χ0) is 25.3. The van der Waals surface area contributed by atoms with Crippen molar-refractivity contribution in [2.24, 2.45) is 0 Å². The molecule has 2 aromatic carbocycles. The van der Waals surface area contributed by atoms with Crippen LogP contribution >= 0.6 is 0 Å². The average molecular weight is 505 g/mol. The molecule has 2 aliphatic rings. The molecule has 4 rings (SSSR count). The highest BCUT2D eigenvalue weighted by molar-refractivity contribution is 7.86. The molecular formula is C21H22F3NO8S. The van der Waals surface area contributed by atoms with Crippen LogP contribution in [0.2, 0.25) is 0 Å². The molecule has 2 N–H and O–H groups in total. The molecule has 0 fully saturated rings. The van der Waals surface area contributed by atoms with Gasteiger partial charge in [0.1, 0.15) is 11.5 Å². The third-order valence-corrected chi connectivity index (χ3v) is 7.18. The summed E-state index contributed by atoms with van der Waals surface area (Å²) in [5.74, 6) is -2.09. The Morgan fingerprint density at radius 3 is 2.26 bits per heavy atom. The van der Waals surface area contributed by atoms with Crippen molar-refractivity contribution in [3.8, 4) is 11.5 Å². The average Bonchev–Trinajstić information content (AvgIpc) is 3.14. The molecular weight excluding hydrogens is 483 g/mol. The fourth-order valence-corrected chi connectivity index (χ4v) is 5.25. The molecule has 0 aliphatic carbocycles. The van der Waals surface area contributed by atoms with Gasteiger partial charge < -0.3 is 24.1 Å². The van der Waals surface area contributed by atoms with Crippen LogP contribution in [-0.4, -0.2) is 49.2 Å². The van der Waals surface area contributed by atoms with Gasteiger partial charge in [0.15, 0.2) is 5.60 Å². The van der Waals surface area contributed by atoms with E-state index in [0.717, 1.165) is 18.1 Å². The Kier molecular flexibility index (Phi) is 5.38. The third-order valence-electron chi connectivity index (χ3n) is 6.36. The van der Waals surface area contributed by atoms with E-state index in [0.29, 0.717) is 12.1 Å². The molecule has 2 aliphatic heterocycles. The Balaban J connectivity index is 2.12. The topological polar surface area (TPSA) is 115 Å². The number of methoxy groups -OCH3 is 2. The molecule has 9 nitrogen and oxygen atoms in total. The first-order valence-electron chi connectivity index (χ1n) is 9.89. The van der Waals surface area contributed by atoms with Crippen LogP contribution in [0.1, 0.15) is 25.0 Å². The molecule has 34 heavy (non-hydrogen) atoms. The number of fused-ring (bicyclic) bond motifs is 2. The fourth-order valence-electron chi connectivity index (χ4n) is 4.50. The van der Waals surface area contributed by atoms with Crippen molar-refractivity contribution in [1.82, 2.24) is 0 Å². The van der Waals surface area contributed by atoms with Gasteiger partial charge in [-0.3, -0.25) is 9.45 Å². The molecule has 4 atom stereocenters. The molecule has 0 radical (unpaired) electrons. The van der Waals surface area contributed by atoms with Gasteiger partial charge in [0.2, 0.25) is 11.5 Å². The van der Waals surface area contributed by atoms with Crippen LogP contribution in [0.25, 0.3) is 0 Å². The second kappa shape index (κ2) is 7.46. The molecule has 0 saturated heterocycles. The monoisotopic (exact) mass is 505 g/mol. The van der Waals surface area contributed by atoms with Crippen molar-refractivity contribution < 1.29 is 50.2 Å². The van der Waals surface area contributed by atoms with Gasteiger partial charge in [-0.05, 0) is 31.2 Å². The molecule has 2 heterocycles. The van der Waals surface area contributed by atoms with Gasteiger partial charge in [0.05, 0.1) is 11.3 Å². The molecule has 0 spiro atoms. The molecule has 0 bridgehead atoms. The number of hydrogen-bond donors (Lipinski definition) is 2. The predicted molar refractivity (Wildman–Crippen MR) is 112 cm³/mol. The van der Waals surface area contributed by atoms with E-state index in [-0.39, 0.29) is 17.1 Å². The number of rotatable bonds is 4. The lowest BCUT2D eigenvalue weighted by Gasteiger charge is -2.58. The van der Waals surface area contributed by atoms with E-state index in [4.69, 9.17) is 18.9 Å². The quantitative estimate of drug-likeness (QED) is 0.605. The lowest BCUT2D eigenvalue weighted by atomic mass is 9.75. The summed E-state index contributed by atoms with van der Waals surface area (Å²) in [4.78, 5) is 0.755. The molecule has 0 amide bonds. The molecule has 0 aromatic heterocycles. The number of halogens is 3. The van der Waals surface area contributed by atoms with E-state index >= 15 is 0 Å². The van der Waals surface area contributed by atoms with Crippen molar-refractivity contribution >= 4 is 15.8 Å². The normalized spacial score (nSPS) is 30.9. The number of alkyl halides is 3. The van der Waals surface area contributed by atoms with Gasteiger partial charge in [0.25, 0.3) is 0 Å². The van der Waals surface area contributed by atoms with Crippen molar-refractivity contribution in [1.29, 1.82) is 0 Å². The van der Waals surface area contributed by atoms with E-state index in [1.807, 2.05) is 0 Å². The predicted octanol–water partition coefficient (Wildman–Crippen LogP) is 3.08.